The van der Waals surface area contributed by atoms with Crippen LogP contribution in [0.4, 0.5) is 4.39 Å². The molecule has 0 aromatic heterocycles. The van der Waals surface area contributed by atoms with Crippen molar-refractivity contribution in [1.82, 2.24) is 0 Å². The highest BCUT2D eigenvalue weighted by atomic mass is 19.1. The molecule has 2 rings (SSSR count). The van der Waals surface area contributed by atoms with Crippen LogP contribution in [-0.2, 0) is 0 Å². The number of rotatable bonds is 2. The lowest BCUT2D eigenvalue weighted by atomic mass is 9.96. The van der Waals surface area contributed by atoms with Crippen molar-refractivity contribution >= 4 is 5.97 Å². The highest BCUT2D eigenvalue weighted by molar-refractivity contribution is 5.96. The van der Waals surface area contributed by atoms with Gasteiger partial charge in [-0.05, 0) is 42.7 Å². The first-order valence-electron chi connectivity index (χ1n) is 5.59. The van der Waals surface area contributed by atoms with E-state index < -0.39 is 11.8 Å². The molecule has 2 aromatic rings. The van der Waals surface area contributed by atoms with Crippen molar-refractivity contribution in [2.75, 3.05) is 0 Å². The normalized spacial score (nSPS) is 10.4. The van der Waals surface area contributed by atoms with Gasteiger partial charge in [-0.2, -0.15) is 0 Å². The molecule has 0 unspecified atom stereocenters. The van der Waals surface area contributed by atoms with Gasteiger partial charge < -0.3 is 5.11 Å². The number of carboxylic acid groups (broad SMARTS) is 1. The smallest absolute Gasteiger partial charge is 0.336 e. The molecule has 0 radical (unpaired) electrons. The van der Waals surface area contributed by atoms with Gasteiger partial charge in [0.15, 0.2) is 0 Å². The maximum atomic E-state index is 13.4. The second kappa shape index (κ2) is 4.61. The summed E-state index contributed by atoms with van der Waals surface area (Å²) in [6.07, 6.45) is 0. The molecule has 2 aromatic carbocycles. The fraction of sp³-hybridized carbons (Fsp3) is 0.133. The highest BCUT2D eigenvalue weighted by Gasteiger charge is 2.14. The zero-order chi connectivity index (χ0) is 13.3. The molecule has 0 amide bonds. The van der Waals surface area contributed by atoms with Crippen LogP contribution in [0.3, 0.4) is 0 Å². The Labute approximate surface area is 105 Å². The van der Waals surface area contributed by atoms with Crippen molar-refractivity contribution < 1.29 is 14.3 Å². The van der Waals surface area contributed by atoms with Crippen molar-refractivity contribution in [3.63, 3.8) is 0 Å². The molecule has 0 bridgehead atoms. The van der Waals surface area contributed by atoms with E-state index in [1.165, 1.54) is 0 Å². The van der Waals surface area contributed by atoms with Crippen molar-refractivity contribution in [3.05, 3.63) is 58.9 Å². The van der Waals surface area contributed by atoms with Gasteiger partial charge in [-0.1, -0.05) is 29.8 Å². The number of hydrogen-bond acceptors (Lipinski definition) is 1. The van der Waals surface area contributed by atoms with Crippen molar-refractivity contribution in [3.8, 4) is 11.1 Å². The Morgan fingerprint density at radius 2 is 1.72 bits per heavy atom. The monoisotopic (exact) mass is 244 g/mol. The third-order valence-corrected chi connectivity index (χ3v) is 2.89. The van der Waals surface area contributed by atoms with Gasteiger partial charge in [-0.25, -0.2) is 9.18 Å². The van der Waals surface area contributed by atoms with Gasteiger partial charge in [0.05, 0.1) is 5.56 Å². The summed E-state index contributed by atoms with van der Waals surface area (Å²) < 4.78 is 13.4. The summed E-state index contributed by atoms with van der Waals surface area (Å²) in [5.41, 5.74) is 2.84. The average molecular weight is 244 g/mol. The van der Waals surface area contributed by atoms with Crippen LogP contribution in [0.5, 0.6) is 0 Å². The molecule has 0 atom stereocenters. The number of carbonyl (C=O) groups is 1. The van der Waals surface area contributed by atoms with E-state index in [1.54, 1.807) is 13.0 Å². The predicted octanol–water partition coefficient (Wildman–Crippen LogP) is 3.81. The second-order valence-electron chi connectivity index (χ2n) is 4.32. The van der Waals surface area contributed by atoms with E-state index in [9.17, 15) is 9.18 Å². The zero-order valence-electron chi connectivity index (χ0n) is 10.2. The molecule has 1 N–H and O–H groups in total. The van der Waals surface area contributed by atoms with Crippen molar-refractivity contribution in [2.24, 2.45) is 0 Å². The third kappa shape index (κ3) is 2.25. The lowest BCUT2D eigenvalue weighted by Gasteiger charge is -2.09. The van der Waals surface area contributed by atoms with Crippen LogP contribution < -0.4 is 0 Å². The molecule has 2 nitrogen and oxygen atoms in total. The van der Waals surface area contributed by atoms with Crippen LogP contribution in [-0.4, -0.2) is 11.1 Å². The molecule has 0 spiro atoms. The molecule has 0 aliphatic heterocycles. The fourth-order valence-corrected chi connectivity index (χ4v) is 1.83. The van der Waals surface area contributed by atoms with Gasteiger partial charge in [-0.15, -0.1) is 0 Å². The van der Waals surface area contributed by atoms with Crippen LogP contribution >= 0.6 is 0 Å². The Hall–Kier alpha value is -2.16. The van der Waals surface area contributed by atoms with Gasteiger partial charge in [0.25, 0.3) is 0 Å². The molecule has 0 saturated carbocycles. The number of aromatic carboxylic acids is 1. The van der Waals surface area contributed by atoms with Crippen molar-refractivity contribution in [1.29, 1.82) is 0 Å². The number of benzene rings is 2. The maximum absolute atomic E-state index is 13.4. The molecule has 0 fully saturated rings. The Morgan fingerprint density at radius 3 is 2.28 bits per heavy atom. The summed E-state index contributed by atoms with van der Waals surface area (Å²) in [6, 6.07) is 10.1. The summed E-state index contributed by atoms with van der Waals surface area (Å²) in [6.45, 7) is 3.58. The lowest BCUT2D eigenvalue weighted by molar-refractivity contribution is 0.0697. The minimum Gasteiger partial charge on any atom is -0.478 e. The van der Waals surface area contributed by atoms with Crippen LogP contribution in [0.15, 0.2) is 36.4 Å². The number of hydrogen-bond donors (Lipinski definition) is 1. The molecule has 0 saturated heterocycles. The summed E-state index contributed by atoms with van der Waals surface area (Å²) in [5.74, 6) is -1.62. The first-order chi connectivity index (χ1) is 8.49. The van der Waals surface area contributed by atoms with Crippen LogP contribution in [0.1, 0.15) is 21.5 Å². The molecule has 92 valence electrons. The molecule has 0 aliphatic carbocycles. The summed E-state index contributed by atoms with van der Waals surface area (Å²) >= 11 is 0. The second-order valence-corrected chi connectivity index (χ2v) is 4.32. The van der Waals surface area contributed by atoms with Crippen LogP contribution in [0.2, 0.25) is 0 Å². The summed E-state index contributed by atoms with van der Waals surface area (Å²) in [5, 5.41) is 9.13. The number of carboxylic acids is 1. The lowest BCUT2D eigenvalue weighted by Crippen LogP contribution is -2.02. The van der Waals surface area contributed by atoms with Gasteiger partial charge >= 0.3 is 5.97 Å². The third-order valence-electron chi connectivity index (χ3n) is 2.89. The Kier molecular flexibility index (Phi) is 3.15. The Balaban J connectivity index is 2.65. The SMILES string of the molecule is Cc1ccc(-c2cc(C)c(F)cc2C(=O)O)cc1. The minimum atomic E-state index is -1.12. The van der Waals surface area contributed by atoms with E-state index in [0.29, 0.717) is 11.1 Å². The standard InChI is InChI=1S/C15H13FO2/c1-9-3-5-11(6-4-9)12-7-10(2)14(16)8-13(12)15(17)18/h3-8H,1-2H3,(H,17,18). The quantitative estimate of drug-likeness (QED) is 0.872. The first kappa shape index (κ1) is 12.3. The maximum Gasteiger partial charge on any atom is 0.336 e. The van der Waals surface area contributed by atoms with Crippen LogP contribution in [0, 0.1) is 19.7 Å². The largest absolute Gasteiger partial charge is 0.478 e. The molecule has 0 aliphatic rings. The number of halogens is 1. The topological polar surface area (TPSA) is 37.3 Å². The van der Waals surface area contributed by atoms with Crippen molar-refractivity contribution in [2.45, 2.75) is 13.8 Å². The van der Waals surface area contributed by atoms with Gasteiger partial charge in [-0.3, -0.25) is 0 Å². The first-order valence-corrected chi connectivity index (χ1v) is 5.59. The van der Waals surface area contributed by atoms with Gasteiger partial charge in [0.2, 0.25) is 0 Å². The minimum absolute atomic E-state index is 0.0121. The van der Waals surface area contributed by atoms with E-state index in [0.717, 1.165) is 17.2 Å². The Morgan fingerprint density at radius 1 is 1.11 bits per heavy atom. The molecular weight excluding hydrogens is 231 g/mol. The summed E-state index contributed by atoms with van der Waals surface area (Å²) in [7, 11) is 0. The molecule has 18 heavy (non-hydrogen) atoms. The van der Waals surface area contributed by atoms with Gasteiger partial charge in [0.1, 0.15) is 5.82 Å². The Bertz CT molecular complexity index is 601. The van der Waals surface area contributed by atoms with E-state index in [1.807, 2.05) is 31.2 Å². The average Bonchev–Trinajstić information content (AvgIpc) is 2.33. The summed E-state index contributed by atoms with van der Waals surface area (Å²) in [4.78, 5) is 11.2. The predicted molar refractivity (Wildman–Crippen MR) is 68.3 cm³/mol. The zero-order valence-corrected chi connectivity index (χ0v) is 10.2. The van der Waals surface area contributed by atoms with E-state index in [-0.39, 0.29) is 5.56 Å². The van der Waals surface area contributed by atoms with E-state index >= 15 is 0 Å². The molecular formula is C15H13FO2. The highest BCUT2D eigenvalue weighted by Crippen LogP contribution is 2.27. The van der Waals surface area contributed by atoms with Gasteiger partial charge in [0, 0.05) is 0 Å². The molecule has 3 heteroatoms. The fourth-order valence-electron chi connectivity index (χ4n) is 1.83. The number of aryl methyl sites for hydroxylation is 2. The molecule has 0 heterocycles. The van der Waals surface area contributed by atoms with E-state index in [4.69, 9.17) is 5.11 Å². The van der Waals surface area contributed by atoms with E-state index in [2.05, 4.69) is 0 Å². The van der Waals surface area contributed by atoms with Crippen LogP contribution in [0.25, 0.3) is 11.1 Å².